The van der Waals surface area contributed by atoms with E-state index in [9.17, 15) is 4.79 Å². The third-order valence-corrected chi connectivity index (χ3v) is 8.62. The summed E-state index contributed by atoms with van der Waals surface area (Å²) in [6.07, 6.45) is 11.5. The first-order valence-corrected chi connectivity index (χ1v) is 17.1. The summed E-state index contributed by atoms with van der Waals surface area (Å²) in [5.41, 5.74) is 14.1. The summed E-state index contributed by atoms with van der Waals surface area (Å²) in [6.45, 7) is 5.97. The molecule has 0 aliphatic carbocycles. The monoisotopic (exact) mass is 643 g/mol. The van der Waals surface area contributed by atoms with Crippen LogP contribution in [-0.2, 0) is 14.3 Å². The number of ether oxygens (including phenoxy) is 3. The van der Waals surface area contributed by atoms with Gasteiger partial charge in [-0.25, -0.2) is 14.6 Å². The van der Waals surface area contributed by atoms with Crippen LogP contribution in [0.3, 0.4) is 0 Å². The molecule has 1 saturated heterocycles. The molecule has 11 heteroatoms. The summed E-state index contributed by atoms with van der Waals surface area (Å²) in [4.78, 5) is 22.2. The van der Waals surface area contributed by atoms with Gasteiger partial charge in [0.25, 0.3) is 0 Å². The second kappa shape index (κ2) is 18.3. The van der Waals surface area contributed by atoms with Crippen molar-refractivity contribution in [2.24, 2.45) is 5.73 Å². The number of amides is 1. The minimum Gasteiger partial charge on any atom is -0.457 e. The van der Waals surface area contributed by atoms with Crippen LogP contribution in [0.25, 0.3) is 22.3 Å². The van der Waals surface area contributed by atoms with E-state index in [0.29, 0.717) is 32.1 Å². The largest absolute Gasteiger partial charge is 0.457 e. The van der Waals surface area contributed by atoms with Crippen molar-refractivity contribution >= 4 is 22.8 Å². The highest BCUT2D eigenvalue weighted by Gasteiger charge is 2.26. The third kappa shape index (κ3) is 10.5. The van der Waals surface area contributed by atoms with Gasteiger partial charge in [-0.1, -0.05) is 37.5 Å². The number of anilines is 1. The van der Waals surface area contributed by atoms with Gasteiger partial charge in [0.15, 0.2) is 5.65 Å². The van der Waals surface area contributed by atoms with Crippen molar-refractivity contribution in [3.8, 4) is 22.8 Å². The van der Waals surface area contributed by atoms with Gasteiger partial charge in [0, 0.05) is 38.3 Å². The van der Waals surface area contributed by atoms with Crippen LogP contribution in [0, 0.1) is 0 Å². The van der Waals surface area contributed by atoms with Crippen LogP contribution in [0.5, 0.6) is 11.5 Å². The van der Waals surface area contributed by atoms with Crippen LogP contribution in [0.4, 0.5) is 5.82 Å². The van der Waals surface area contributed by atoms with Gasteiger partial charge in [-0.2, -0.15) is 5.10 Å². The molecule has 252 valence electrons. The lowest BCUT2D eigenvalue weighted by molar-refractivity contribution is -0.118. The molecule has 0 saturated carbocycles. The Kier molecular flexibility index (Phi) is 13.4. The molecule has 0 atom stereocenters. The summed E-state index contributed by atoms with van der Waals surface area (Å²) in [6, 6.07) is 18.0. The number of hydrogen-bond acceptors (Lipinski definition) is 9. The molecule has 0 unspecified atom stereocenters. The highest BCUT2D eigenvalue weighted by atomic mass is 16.5. The number of nitrogen functional groups attached to an aromatic ring is 1. The number of fused-ring (bicyclic) bond motifs is 1. The average molecular weight is 644 g/mol. The summed E-state index contributed by atoms with van der Waals surface area (Å²) < 4.78 is 19.4. The van der Waals surface area contributed by atoms with E-state index >= 15 is 0 Å². The van der Waals surface area contributed by atoms with Gasteiger partial charge in [-0.05, 0) is 81.5 Å². The Balaban J connectivity index is 1.00. The number of rotatable bonds is 20. The van der Waals surface area contributed by atoms with Gasteiger partial charge in [0.2, 0.25) is 5.91 Å². The SMILES string of the molecule is NC(=O)CCCCCOCCOCCCCCCN1CCC(n2nc(-c3ccc(Oc4ccccc4)cc3)c3c(N)ncnc32)CC1. The van der Waals surface area contributed by atoms with Crippen molar-refractivity contribution < 1.29 is 19.0 Å². The second-order valence-electron chi connectivity index (χ2n) is 12.2. The van der Waals surface area contributed by atoms with Gasteiger partial charge in [0.05, 0.1) is 24.6 Å². The zero-order valence-electron chi connectivity index (χ0n) is 27.4. The zero-order chi connectivity index (χ0) is 32.7. The Morgan fingerprint density at radius 1 is 0.787 bits per heavy atom. The maximum atomic E-state index is 10.7. The Morgan fingerprint density at radius 3 is 2.15 bits per heavy atom. The van der Waals surface area contributed by atoms with Gasteiger partial charge in [-0.15, -0.1) is 0 Å². The lowest BCUT2D eigenvalue weighted by Crippen LogP contribution is -2.35. The molecule has 1 aliphatic heterocycles. The Morgan fingerprint density at radius 2 is 1.45 bits per heavy atom. The van der Waals surface area contributed by atoms with Crippen molar-refractivity contribution in [2.45, 2.75) is 70.3 Å². The van der Waals surface area contributed by atoms with Gasteiger partial charge < -0.3 is 30.6 Å². The lowest BCUT2D eigenvalue weighted by Gasteiger charge is -2.32. The zero-order valence-corrected chi connectivity index (χ0v) is 27.4. The molecule has 1 aliphatic rings. The highest BCUT2D eigenvalue weighted by molar-refractivity contribution is 5.98. The van der Waals surface area contributed by atoms with Crippen molar-refractivity contribution in [1.82, 2.24) is 24.6 Å². The number of nitrogens with two attached hydrogens (primary N) is 2. The third-order valence-electron chi connectivity index (χ3n) is 8.62. The number of nitrogens with zero attached hydrogens (tertiary/aromatic N) is 5. The lowest BCUT2D eigenvalue weighted by atomic mass is 10.0. The van der Waals surface area contributed by atoms with Crippen molar-refractivity contribution in [3.05, 3.63) is 60.9 Å². The molecule has 1 amide bonds. The van der Waals surface area contributed by atoms with Crippen LogP contribution < -0.4 is 16.2 Å². The van der Waals surface area contributed by atoms with E-state index in [-0.39, 0.29) is 11.9 Å². The highest BCUT2D eigenvalue weighted by Crippen LogP contribution is 2.35. The number of benzene rings is 2. The molecular weight excluding hydrogens is 594 g/mol. The Labute approximate surface area is 277 Å². The predicted octanol–water partition coefficient (Wildman–Crippen LogP) is 6.14. The van der Waals surface area contributed by atoms with E-state index in [1.165, 1.54) is 25.6 Å². The second-order valence-corrected chi connectivity index (χ2v) is 12.2. The molecule has 0 radical (unpaired) electrons. The van der Waals surface area contributed by atoms with Gasteiger partial charge in [0.1, 0.15) is 29.3 Å². The molecule has 11 nitrogen and oxygen atoms in total. The molecular formula is C36H49N7O4. The summed E-state index contributed by atoms with van der Waals surface area (Å²) in [7, 11) is 0. The minimum absolute atomic E-state index is 0.230. The number of hydrogen-bond donors (Lipinski definition) is 2. The number of carbonyl (C=O) groups is 1. The number of aromatic nitrogens is 4. The topological polar surface area (TPSA) is 144 Å². The molecule has 0 bridgehead atoms. The maximum Gasteiger partial charge on any atom is 0.217 e. The maximum absolute atomic E-state index is 10.7. The van der Waals surface area contributed by atoms with E-state index in [4.69, 9.17) is 30.8 Å². The van der Waals surface area contributed by atoms with Gasteiger partial charge in [-0.3, -0.25) is 4.79 Å². The Bertz CT molecular complexity index is 1510. The molecule has 1 fully saturated rings. The molecule has 3 heterocycles. The molecule has 47 heavy (non-hydrogen) atoms. The van der Waals surface area contributed by atoms with Crippen LogP contribution >= 0.6 is 0 Å². The number of likely N-dealkylation sites (tertiary alicyclic amines) is 1. The molecule has 4 aromatic rings. The molecule has 0 spiro atoms. The van der Waals surface area contributed by atoms with Crippen LogP contribution in [0.2, 0.25) is 0 Å². The fourth-order valence-corrected chi connectivity index (χ4v) is 6.04. The van der Waals surface area contributed by atoms with Crippen LogP contribution in [0.15, 0.2) is 60.9 Å². The van der Waals surface area contributed by atoms with Crippen molar-refractivity contribution in [1.29, 1.82) is 0 Å². The van der Waals surface area contributed by atoms with E-state index in [2.05, 4.69) is 19.5 Å². The molecule has 2 aromatic carbocycles. The van der Waals surface area contributed by atoms with Gasteiger partial charge >= 0.3 is 0 Å². The molecule has 2 aromatic heterocycles. The smallest absolute Gasteiger partial charge is 0.217 e. The first kappa shape index (κ1) is 34.3. The first-order valence-electron chi connectivity index (χ1n) is 17.1. The average Bonchev–Trinajstić information content (AvgIpc) is 3.48. The number of carbonyl (C=O) groups excluding carboxylic acids is 1. The van der Waals surface area contributed by atoms with Crippen LogP contribution in [-0.4, -0.2) is 76.6 Å². The number of unbranched alkanes of at least 4 members (excludes halogenated alkanes) is 5. The van der Waals surface area contributed by atoms with Crippen LogP contribution in [0.1, 0.15) is 70.3 Å². The van der Waals surface area contributed by atoms with E-state index in [1.54, 1.807) is 0 Å². The minimum atomic E-state index is -0.230. The standard InChI is InChI=1S/C36H49N7O4/c37-32(44)13-7-4-10-24-46-26-25-45-23-9-2-1-8-20-42-21-18-29(19-22-42)43-36-33(35(38)39-27-40-36)34(41-43)28-14-16-31(17-15-28)47-30-11-5-3-6-12-30/h3,5-6,11-12,14-17,27,29H,1-2,4,7-10,13,18-26H2,(H2,37,44)(H2,38,39,40). The summed E-state index contributed by atoms with van der Waals surface area (Å²) in [5.74, 6) is 1.77. The van der Waals surface area contributed by atoms with Crippen molar-refractivity contribution in [3.63, 3.8) is 0 Å². The molecule has 5 rings (SSSR count). The number of piperidine rings is 1. The number of primary amides is 1. The van der Waals surface area contributed by atoms with E-state index < -0.39 is 0 Å². The summed E-state index contributed by atoms with van der Waals surface area (Å²) >= 11 is 0. The Hall–Kier alpha value is -4.06. The summed E-state index contributed by atoms with van der Waals surface area (Å²) in [5, 5.41) is 5.87. The fraction of sp³-hybridized carbons (Fsp3) is 0.500. The predicted molar refractivity (Wildman–Crippen MR) is 184 cm³/mol. The first-order chi connectivity index (χ1) is 23.1. The normalized spacial score (nSPS) is 14.1. The molecule has 4 N–H and O–H groups in total. The number of para-hydroxylation sites is 1. The van der Waals surface area contributed by atoms with E-state index in [0.717, 1.165) is 98.6 Å². The van der Waals surface area contributed by atoms with E-state index in [1.807, 2.05) is 54.6 Å². The van der Waals surface area contributed by atoms with Crippen molar-refractivity contribution in [2.75, 3.05) is 51.8 Å². The fourth-order valence-electron chi connectivity index (χ4n) is 6.04. The quantitative estimate of drug-likeness (QED) is 0.108.